The number of nitrogens with zero attached hydrogens (tertiary/aromatic N) is 1. The summed E-state index contributed by atoms with van der Waals surface area (Å²) in [6.45, 7) is 7.84. The molecule has 0 spiro atoms. The number of hydrogen-bond donors (Lipinski definition) is 1. The largest absolute Gasteiger partial charge is 0.444 e. The number of nitrogens with one attached hydrogen (secondary N) is 1. The monoisotopic (exact) mass is 292 g/mol. The van der Waals surface area contributed by atoms with Gasteiger partial charge in [-0.15, -0.1) is 0 Å². The summed E-state index contributed by atoms with van der Waals surface area (Å²) in [6, 6.07) is 3.70. The number of hydrogen-bond acceptors (Lipinski definition) is 4. The van der Waals surface area contributed by atoms with Gasteiger partial charge in [0.05, 0.1) is 0 Å². The van der Waals surface area contributed by atoms with E-state index in [0.717, 1.165) is 12.0 Å². The lowest BCUT2D eigenvalue weighted by Gasteiger charge is -2.19. The number of aromatic nitrogens is 1. The Morgan fingerprint density at radius 3 is 2.62 bits per heavy atom. The van der Waals surface area contributed by atoms with Gasteiger partial charge in [-0.2, -0.15) is 0 Å². The van der Waals surface area contributed by atoms with Gasteiger partial charge in [0.15, 0.2) is 5.78 Å². The van der Waals surface area contributed by atoms with Crippen molar-refractivity contribution >= 4 is 11.9 Å². The van der Waals surface area contributed by atoms with Gasteiger partial charge < -0.3 is 10.1 Å². The number of carbonyl (C=O) groups excluding carboxylic acids is 2. The number of Topliss-reactive ketones (excluding diaryl/α,β-unsaturated/α-hetero) is 1. The zero-order chi connectivity index (χ0) is 15.9. The molecule has 0 aromatic carbocycles. The Hall–Kier alpha value is -1.91. The van der Waals surface area contributed by atoms with Crippen molar-refractivity contribution in [3.63, 3.8) is 0 Å². The van der Waals surface area contributed by atoms with E-state index in [4.69, 9.17) is 4.74 Å². The molecular formula is C16H24N2O3. The first-order chi connectivity index (χ1) is 9.79. The molecule has 5 nitrogen and oxygen atoms in total. The van der Waals surface area contributed by atoms with Crippen molar-refractivity contribution in [2.75, 3.05) is 6.54 Å². The van der Waals surface area contributed by atoms with Crippen LogP contribution in [0.3, 0.4) is 0 Å². The normalized spacial score (nSPS) is 11.0. The number of carbonyl (C=O) groups is 2. The van der Waals surface area contributed by atoms with E-state index in [0.29, 0.717) is 25.1 Å². The molecule has 0 radical (unpaired) electrons. The van der Waals surface area contributed by atoms with E-state index in [9.17, 15) is 9.59 Å². The van der Waals surface area contributed by atoms with Crippen LogP contribution in [0.2, 0.25) is 0 Å². The molecule has 1 heterocycles. The smallest absolute Gasteiger partial charge is 0.407 e. The SMILES string of the molecule is Cc1cccnc1C(=O)CCCCNC(=O)OC(C)(C)C. The number of pyridine rings is 1. The van der Waals surface area contributed by atoms with Crippen molar-refractivity contribution in [1.82, 2.24) is 10.3 Å². The highest BCUT2D eigenvalue weighted by molar-refractivity contribution is 5.95. The summed E-state index contributed by atoms with van der Waals surface area (Å²) in [7, 11) is 0. The van der Waals surface area contributed by atoms with Crippen LogP contribution in [0.25, 0.3) is 0 Å². The lowest BCUT2D eigenvalue weighted by atomic mass is 10.1. The quantitative estimate of drug-likeness (QED) is 0.645. The Morgan fingerprint density at radius 1 is 1.29 bits per heavy atom. The third-order valence-corrected chi connectivity index (χ3v) is 2.77. The van der Waals surface area contributed by atoms with Crippen LogP contribution in [0.4, 0.5) is 4.79 Å². The molecule has 0 saturated carbocycles. The number of ketones is 1. The molecule has 1 aromatic rings. The summed E-state index contributed by atoms with van der Waals surface area (Å²) in [5.41, 5.74) is 0.947. The minimum absolute atomic E-state index is 0.0466. The van der Waals surface area contributed by atoms with Gasteiger partial charge in [0.1, 0.15) is 11.3 Å². The topological polar surface area (TPSA) is 68.3 Å². The zero-order valence-electron chi connectivity index (χ0n) is 13.2. The molecule has 0 aliphatic heterocycles. The Kier molecular flexibility index (Phi) is 6.34. The summed E-state index contributed by atoms with van der Waals surface area (Å²) in [5.74, 6) is 0.0466. The van der Waals surface area contributed by atoms with Gasteiger partial charge in [-0.1, -0.05) is 6.07 Å². The van der Waals surface area contributed by atoms with Gasteiger partial charge in [-0.05, 0) is 52.2 Å². The fraction of sp³-hybridized carbons (Fsp3) is 0.562. The average Bonchev–Trinajstić information content (AvgIpc) is 2.36. The zero-order valence-corrected chi connectivity index (χ0v) is 13.2. The molecule has 0 saturated heterocycles. The maximum Gasteiger partial charge on any atom is 0.407 e. The van der Waals surface area contributed by atoms with E-state index < -0.39 is 11.7 Å². The molecule has 1 rings (SSSR count). The highest BCUT2D eigenvalue weighted by atomic mass is 16.6. The molecule has 0 aliphatic rings. The van der Waals surface area contributed by atoms with E-state index >= 15 is 0 Å². The van der Waals surface area contributed by atoms with E-state index in [1.807, 2.05) is 39.8 Å². The third kappa shape index (κ3) is 6.88. The van der Waals surface area contributed by atoms with Crippen molar-refractivity contribution in [2.24, 2.45) is 0 Å². The van der Waals surface area contributed by atoms with Gasteiger partial charge >= 0.3 is 6.09 Å². The van der Waals surface area contributed by atoms with Crippen LogP contribution < -0.4 is 5.32 Å². The van der Waals surface area contributed by atoms with Crippen LogP contribution in [0, 0.1) is 6.92 Å². The van der Waals surface area contributed by atoms with Crippen molar-refractivity contribution < 1.29 is 14.3 Å². The lowest BCUT2D eigenvalue weighted by Crippen LogP contribution is -2.33. The van der Waals surface area contributed by atoms with E-state index in [-0.39, 0.29) is 5.78 Å². The Bertz CT molecular complexity index is 493. The van der Waals surface area contributed by atoms with Crippen LogP contribution in [0.15, 0.2) is 18.3 Å². The molecule has 0 aliphatic carbocycles. The molecule has 1 aromatic heterocycles. The molecule has 0 atom stereocenters. The van der Waals surface area contributed by atoms with E-state index in [1.54, 1.807) is 6.20 Å². The molecule has 0 unspecified atom stereocenters. The van der Waals surface area contributed by atoms with Crippen LogP contribution in [0.5, 0.6) is 0 Å². The molecule has 5 heteroatoms. The summed E-state index contributed by atoms with van der Waals surface area (Å²) in [5, 5.41) is 2.68. The van der Waals surface area contributed by atoms with Gasteiger partial charge in [-0.25, -0.2) is 4.79 Å². The summed E-state index contributed by atoms with van der Waals surface area (Å²) >= 11 is 0. The van der Waals surface area contributed by atoms with Crippen molar-refractivity contribution in [1.29, 1.82) is 0 Å². The van der Waals surface area contributed by atoms with Gasteiger partial charge in [0, 0.05) is 19.2 Å². The standard InChI is InChI=1S/C16H24N2O3/c1-12-8-7-11-17-14(12)13(19)9-5-6-10-18-15(20)21-16(2,3)4/h7-8,11H,5-6,9-10H2,1-4H3,(H,18,20). The molecule has 116 valence electrons. The minimum Gasteiger partial charge on any atom is -0.444 e. The maximum absolute atomic E-state index is 12.0. The second-order valence-electron chi connectivity index (χ2n) is 5.98. The van der Waals surface area contributed by atoms with Gasteiger partial charge in [0.2, 0.25) is 0 Å². The first-order valence-electron chi connectivity index (χ1n) is 7.21. The lowest BCUT2D eigenvalue weighted by molar-refractivity contribution is 0.0527. The first-order valence-corrected chi connectivity index (χ1v) is 7.21. The molecule has 1 N–H and O–H groups in total. The molecule has 1 amide bonds. The van der Waals surface area contributed by atoms with Crippen LogP contribution in [0.1, 0.15) is 56.1 Å². The fourth-order valence-electron chi connectivity index (χ4n) is 1.81. The average molecular weight is 292 g/mol. The highest BCUT2D eigenvalue weighted by Crippen LogP contribution is 2.09. The van der Waals surface area contributed by atoms with E-state index in [1.165, 1.54) is 0 Å². The first kappa shape index (κ1) is 17.1. The summed E-state index contributed by atoms with van der Waals surface area (Å²) < 4.78 is 5.12. The van der Waals surface area contributed by atoms with Gasteiger partial charge in [-0.3, -0.25) is 9.78 Å². The molecule has 0 bridgehead atoms. The second kappa shape index (κ2) is 7.76. The molecular weight excluding hydrogens is 268 g/mol. The number of unbranched alkanes of at least 4 members (excludes halogenated alkanes) is 1. The number of amides is 1. The Labute approximate surface area is 126 Å². The summed E-state index contributed by atoms with van der Waals surface area (Å²) in [6.07, 6.45) is 3.09. The van der Waals surface area contributed by atoms with Gasteiger partial charge in [0.25, 0.3) is 0 Å². The van der Waals surface area contributed by atoms with E-state index in [2.05, 4.69) is 10.3 Å². The van der Waals surface area contributed by atoms with Crippen LogP contribution in [-0.4, -0.2) is 29.0 Å². The summed E-state index contributed by atoms with van der Waals surface area (Å²) in [4.78, 5) is 27.5. The Morgan fingerprint density at radius 2 is 2.00 bits per heavy atom. The van der Waals surface area contributed by atoms with Crippen molar-refractivity contribution in [3.05, 3.63) is 29.6 Å². The third-order valence-electron chi connectivity index (χ3n) is 2.77. The second-order valence-corrected chi connectivity index (χ2v) is 5.98. The number of aryl methyl sites for hydroxylation is 1. The number of rotatable bonds is 6. The highest BCUT2D eigenvalue weighted by Gasteiger charge is 2.15. The number of alkyl carbamates (subject to hydrolysis) is 1. The fourth-order valence-corrected chi connectivity index (χ4v) is 1.81. The molecule has 21 heavy (non-hydrogen) atoms. The predicted molar refractivity (Wildman–Crippen MR) is 81.4 cm³/mol. The molecule has 0 fully saturated rings. The van der Waals surface area contributed by atoms with Crippen LogP contribution in [-0.2, 0) is 4.74 Å². The van der Waals surface area contributed by atoms with Crippen molar-refractivity contribution in [3.8, 4) is 0 Å². The van der Waals surface area contributed by atoms with Crippen LogP contribution >= 0.6 is 0 Å². The maximum atomic E-state index is 12.0. The predicted octanol–water partition coefficient (Wildman–Crippen LogP) is 3.27. The minimum atomic E-state index is -0.490. The Balaban J connectivity index is 2.22. The van der Waals surface area contributed by atoms with Crippen molar-refractivity contribution in [2.45, 2.75) is 52.6 Å². The number of ether oxygens (including phenoxy) is 1.